The predicted molar refractivity (Wildman–Crippen MR) is 154 cm³/mol. The molecule has 182 valence electrons. The molecule has 0 radical (unpaired) electrons. The van der Waals surface area contributed by atoms with Crippen molar-refractivity contribution in [3.8, 4) is 28.1 Å². The van der Waals surface area contributed by atoms with Crippen LogP contribution in [0.4, 0.5) is 0 Å². The van der Waals surface area contributed by atoms with E-state index in [9.17, 15) is 0 Å². The van der Waals surface area contributed by atoms with E-state index in [0.717, 1.165) is 11.2 Å². The molecule has 0 amide bonds. The van der Waals surface area contributed by atoms with Gasteiger partial charge >= 0.3 is 7.12 Å². The van der Waals surface area contributed by atoms with E-state index in [-0.39, 0.29) is 11.2 Å². The van der Waals surface area contributed by atoms with Crippen LogP contribution in [-0.2, 0) is 9.31 Å². The fourth-order valence-electron chi connectivity index (χ4n) is 5.46. The second-order valence-corrected chi connectivity index (χ2v) is 11.9. The molecule has 4 aromatic carbocycles. The summed E-state index contributed by atoms with van der Waals surface area (Å²) in [6.45, 7) is 8.40. The smallest absolute Gasteiger partial charge is 0.399 e. The first kappa shape index (κ1) is 22.9. The zero-order valence-electron chi connectivity index (χ0n) is 21.5. The lowest BCUT2D eigenvalue weighted by Gasteiger charge is -2.32. The lowest BCUT2D eigenvalue weighted by molar-refractivity contribution is 0.00578. The van der Waals surface area contributed by atoms with Crippen molar-refractivity contribution in [1.29, 1.82) is 0 Å². The molecule has 3 heterocycles. The normalized spacial score (nSPS) is 17.2. The molecule has 5 aromatic rings. The zero-order valence-corrected chi connectivity index (χ0v) is 22.3. The molecule has 7 rings (SSSR count). The molecule has 0 N–H and O–H groups in total. The molecule has 2 aliphatic rings. The van der Waals surface area contributed by atoms with Crippen molar-refractivity contribution >= 4 is 35.2 Å². The summed E-state index contributed by atoms with van der Waals surface area (Å²) in [5, 5.41) is 1.25. The first-order valence-corrected chi connectivity index (χ1v) is 13.6. The Morgan fingerprint density at radius 3 is 2.05 bits per heavy atom. The van der Waals surface area contributed by atoms with Gasteiger partial charge in [0.25, 0.3) is 0 Å². The number of hydrogen-bond donors (Lipinski definition) is 0. The number of rotatable bonds is 2. The van der Waals surface area contributed by atoms with E-state index in [1.807, 2.05) is 11.8 Å². The first-order valence-electron chi connectivity index (χ1n) is 12.8. The van der Waals surface area contributed by atoms with Crippen LogP contribution in [0.5, 0.6) is 0 Å². The van der Waals surface area contributed by atoms with Crippen LogP contribution in [0.15, 0.2) is 107 Å². The van der Waals surface area contributed by atoms with Crippen LogP contribution in [0.25, 0.3) is 39.0 Å². The van der Waals surface area contributed by atoms with Crippen molar-refractivity contribution in [2.75, 3.05) is 0 Å². The molecule has 0 atom stereocenters. The third-order valence-corrected chi connectivity index (χ3v) is 9.20. The minimum Gasteiger partial charge on any atom is -0.399 e. The van der Waals surface area contributed by atoms with Gasteiger partial charge in [-0.25, -0.2) is 0 Å². The number of fused-ring (bicyclic) bond motifs is 7. The van der Waals surface area contributed by atoms with Crippen LogP contribution >= 0.6 is 11.8 Å². The van der Waals surface area contributed by atoms with E-state index in [0.29, 0.717) is 0 Å². The van der Waals surface area contributed by atoms with Gasteiger partial charge in [-0.1, -0.05) is 78.5 Å². The van der Waals surface area contributed by atoms with E-state index < -0.39 is 7.12 Å². The summed E-state index contributed by atoms with van der Waals surface area (Å²) in [5.74, 6) is 0. The van der Waals surface area contributed by atoms with E-state index in [1.165, 1.54) is 43.1 Å². The summed E-state index contributed by atoms with van der Waals surface area (Å²) in [5.41, 5.74) is 7.57. The van der Waals surface area contributed by atoms with Crippen LogP contribution in [0.3, 0.4) is 0 Å². The number of hydrogen-bond acceptors (Lipinski definition) is 3. The minimum atomic E-state index is -0.408. The highest BCUT2D eigenvalue weighted by molar-refractivity contribution is 7.99. The van der Waals surface area contributed by atoms with Crippen LogP contribution in [0, 0.1) is 0 Å². The second-order valence-electron chi connectivity index (χ2n) is 10.9. The Balaban J connectivity index is 1.51. The van der Waals surface area contributed by atoms with Crippen LogP contribution < -0.4 is 5.46 Å². The number of para-hydroxylation sites is 1. The third kappa shape index (κ3) is 3.45. The molecule has 5 heteroatoms. The highest BCUT2D eigenvalue weighted by Crippen LogP contribution is 2.52. The maximum atomic E-state index is 6.41. The minimum absolute atomic E-state index is 0.384. The van der Waals surface area contributed by atoms with Crippen molar-refractivity contribution in [3.05, 3.63) is 97.1 Å². The van der Waals surface area contributed by atoms with Crippen molar-refractivity contribution in [3.63, 3.8) is 0 Å². The molecule has 37 heavy (non-hydrogen) atoms. The SMILES string of the molecule is CC1(C)OB(c2cccc(-n3c4c(c5ccccc53)-c3ccccc3Sc3ccccc3-4)c2)OC1(C)C. The average Bonchev–Trinajstić information content (AvgIpc) is 3.28. The predicted octanol–water partition coefficient (Wildman–Crippen LogP) is 7.73. The fraction of sp³-hybridized carbons (Fsp3) is 0.188. The van der Waals surface area contributed by atoms with Crippen LogP contribution in [0.2, 0.25) is 0 Å². The molecule has 0 spiro atoms. The molecule has 1 fully saturated rings. The molecule has 3 nitrogen and oxygen atoms in total. The zero-order chi connectivity index (χ0) is 25.4. The van der Waals surface area contributed by atoms with Gasteiger partial charge in [-0.15, -0.1) is 0 Å². The van der Waals surface area contributed by atoms with Gasteiger partial charge in [-0.3, -0.25) is 0 Å². The largest absolute Gasteiger partial charge is 0.494 e. The Morgan fingerprint density at radius 1 is 0.676 bits per heavy atom. The molecular weight excluding hydrogens is 473 g/mol. The third-order valence-electron chi connectivity index (χ3n) is 8.05. The van der Waals surface area contributed by atoms with Crippen molar-refractivity contribution in [2.45, 2.75) is 48.7 Å². The van der Waals surface area contributed by atoms with E-state index in [4.69, 9.17) is 9.31 Å². The molecule has 0 saturated carbocycles. The van der Waals surface area contributed by atoms with Gasteiger partial charge in [0.2, 0.25) is 0 Å². The maximum absolute atomic E-state index is 6.41. The van der Waals surface area contributed by atoms with Gasteiger partial charge in [0, 0.05) is 32.0 Å². The lowest BCUT2D eigenvalue weighted by Crippen LogP contribution is -2.41. The van der Waals surface area contributed by atoms with E-state index >= 15 is 0 Å². The van der Waals surface area contributed by atoms with E-state index in [2.05, 4.69) is 129 Å². The second kappa shape index (κ2) is 8.13. The molecule has 1 saturated heterocycles. The highest BCUT2D eigenvalue weighted by atomic mass is 32.2. The van der Waals surface area contributed by atoms with Gasteiger partial charge in [0.1, 0.15) is 0 Å². The van der Waals surface area contributed by atoms with Crippen molar-refractivity contribution in [2.24, 2.45) is 0 Å². The number of aromatic nitrogens is 1. The van der Waals surface area contributed by atoms with Crippen molar-refractivity contribution in [1.82, 2.24) is 4.57 Å². The van der Waals surface area contributed by atoms with Gasteiger partial charge in [0.05, 0.1) is 22.4 Å². The van der Waals surface area contributed by atoms with Gasteiger partial charge in [-0.05, 0) is 69.1 Å². The fourth-order valence-corrected chi connectivity index (χ4v) is 6.54. The summed E-state index contributed by atoms with van der Waals surface area (Å²) >= 11 is 1.85. The Hall–Kier alpha value is -3.25. The Labute approximate surface area is 222 Å². The highest BCUT2D eigenvalue weighted by Gasteiger charge is 2.51. The molecule has 1 aromatic heterocycles. The van der Waals surface area contributed by atoms with Crippen molar-refractivity contribution < 1.29 is 9.31 Å². The molecule has 0 unspecified atom stereocenters. The Bertz CT molecular complexity index is 1670. The van der Waals surface area contributed by atoms with Crippen LogP contribution in [0.1, 0.15) is 27.7 Å². The van der Waals surface area contributed by atoms with Gasteiger partial charge in [-0.2, -0.15) is 0 Å². The molecule has 0 aliphatic carbocycles. The summed E-state index contributed by atoms with van der Waals surface area (Å²) in [4.78, 5) is 2.54. The molecule has 0 bridgehead atoms. The Kier molecular flexibility index (Phi) is 5.03. The van der Waals surface area contributed by atoms with Gasteiger partial charge in [0.15, 0.2) is 0 Å². The molecular formula is C32H28BNO2S. The first-order chi connectivity index (χ1) is 17.8. The average molecular weight is 501 g/mol. The Morgan fingerprint density at radius 2 is 1.30 bits per heavy atom. The molecule has 2 aliphatic heterocycles. The summed E-state index contributed by atoms with van der Waals surface area (Å²) < 4.78 is 15.2. The lowest BCUT2D eigenvalue weighted by atomic mass is 9.79. The van der Waals surface area contributed by atoms with Gasteiger partial charge < -0.3 is 13.9 Å². The van der Waals surface area contributed by atoms with E-state index in [1.54, 1.807) is 0 Å². The summed E-state index contributed by atoms with van der Waals surface area (Å²) in [6.07, 6.45) is 0. The monoisotopic (exact) mass is 501 g/mol. The topological polar surface area (TPSA) is 23.4 Å². The van der Waals surface area contributed by atoms with Crippen LogP contribution in [-0.4, -0.2) is 22.9 Å². The standard InChI is InChI=1S/C32H28BNO2S/c1-31(2)32(3,4)36-33(35-31)21-12-11-13-22(20-21)34-26-17-8-5-14-23(26)29-24-15-6-9-18-27(24)37-28-19-10-7-16-25(28)30(29)34/h5-20H,1-4H3. The number of benzene rings is 4. The summed E-state index contributed by atoms with van der Waals surface area (Å²) in [7, 11) is -0.408. The number of nitrogens with zero attached hydrogens (tertiary/aromatic N) is 1. The quantitative estimate of drug-likeness (QED) is 0.227. The maximum Gasteiger partial charge on any atom is 0.494 e. The summed E-state index contributed by atoms with van der Waals surface area (Å²) in [6, 6.07) is 34.9.